The fourth-order valence-electron chi connectivity index (χ4n) is 3.18. The Kier molecular flexibility index (Phi) is 6.25. The van der Waals surface area contributed by atoms with Gasteiger partial charge in [0.15, 0.2) is 5.82 Å². The highest BCUT2D eigenvalue weighted by Crippen LogP contribution is 2.44. The summed E-state index contributed by atoms with van der Waals surface area (Å²) in [6, 6.07) is 12.3. The van der Waals surface area contributed by atoms with Gasteiger partial charge in [0.25, 0.3) is 10.0 Å². The zero-order chi connectivity index (χ0) is 23.8. The number of hydrogen-bond acceptors (Lipinski definition) is 6. The molecule has 7 nitrogen and oxygen atoms in total. The van der Waals surface area contributed by atoms with Gasteiger partial charge in [0.05, 0.1) is 9.92 Å². The Bertz CT molecular complexity index is 1440. The summed E-state index contributed by atoms with van der Waals surface area (Å²) in [5, 5.41) is 4.45. The van der Waals surface area contributed by atoms with Gasteiger partial charge >= 0.3 is 11.9 Å². The Morgan fingerprint density at radius 1 is 1.12 bits per heavy atom. The number of nitrogens with one attached hydrogen (secondary N) is 1. The number of sulfonamides is 1. The van der Waals surface area contributed by atoms with E-state index in [2.05, 4.69) is 14.7 Å². The summed E-state index contributed by atoms with van der Waals surface area (Å²) >= 11 is 7.54. The molecular weight excluding hydrogens is 503 g/mol. The fourth-order valence-corrected chi connectivity index (χ4v) is 6.52. The van der Waals surface area contributed by atoms with Crippen LogP contribution in [0.25, 0.3) is 21.5 Å². The standard InChI is InChI=1S/C20H15ClF3N3O4S2/c21-16-14-4-1-2-5-15(14)32-18(16)27(11-3-10-20(22,23)24)33(29,30)13-8-6-12(7-9-13)17-25-19(28)31-26-17/h1-2,4-9H,3,10-11H2,(H,25,26,28). The summed E-state index contributed by atoms with van der Waals surface area (Å²) in [4.78, 5) is 13.3. The maximum absolute atomic E-state index is 13.5. The molecule has 0 aliphatic carbocycles. The van der Waals surface area contributed by atoms with Crippen LogP contribution >= 0.6 is 22.9 Å². The number of nitrogens with zero attached hydrogens (tertiary/aromatic N) is 2. The van der Waals surface area contributed by atoms with Gasteiger partial charge in [-0.3, -0.25) is 13.8 Å². The molecule has 2 aromatic carbocycles. The second kappa shape index (κ2) is 8.84. The molecule has 0 bridgehead atoms. The van der Waals surface area contributed by atoms with Gasteiger partial charge < -0.3 is 0 Å². The van der Waals surface area contributed by atoms with Gasteiger partial charge in [-0.2, -0.15) is 13.2 Å². The van der Waals surface area contributed by atoms with Gasteiger partial charge in [-0.15, -0.1) is 11.3 Å². The van der Waals surface area contributed by atoms with Gasteiger partial charge in [0.2, 0.25) is 0 Å². The number of anilines is 1. The molecular formula is C20H15ClF3N3O4S2. The van der Waals surface area contributed by atoms with Gasteiger partial charge in [-0.1, -0.05) is 35.0 Å². The van der Waals surface area contributed by atoms with E-state index >= 15 is 0 Å². The van der Waals surface area contributed by atoms with Gasteiger partial charge in [-0.25, -0.2) is 13.2 Å². The Balaban J connectivity index is 1.73. The highest BCUT2D eigenvalue weighted by molar-refractivity contribution is 7.93. The summed E-state index contributed by atoms with van der Waals surface area (Å²) in [6.07, 6.45) is -6.00. The summed E-state index contributed by atoms with van der Waals surface area (Å²) in [6.45, 7) is -0.410. The van der Waals surface area contributed by atoms with E-state index in [9.17, 15) is 26.4 Å². The number of fused-ring (bicyclic) bond motifs is 1. The lowest BCUT2D eigenvalue weighted by Gasteiger charge is -2.24. The van der Waals surface area contributed by atoms with E-state index in [1.165, 1.54) is 24.3 Å². The lowest BCUT2D eigenvalue weighted by molar-refractivity contribution is -0.134. The Hall–Kier alpha value is -2.83. The van der Waals surface area contributed by atoms with E-state index in [1.807, 2.05) is 0 Å². The third kappa shape index (κ3) is 4.92. The van der Waals surface area contributed by atoms with Crippen molar-refractivity contribution in [3.05, 3.63) is 64.1 Å². The minimum atomic E-state index is -4.42. The monoisotopic (exact) mass is 517 g/mol. The van der Waals surface area contributed by atoms with Crippen LogP contribution in [0.2, 0.25) is 5.02 Å². The largest absolute Gasteiger partial charge is 0.439 e. The summed E-state index contributed by atoms with van der Waals surface area (Å²) in [5.41, 5.74) is 0.392. The molecule has 0 unspecified atom stereocenters. The van der Waals surface area contributed by atoms with Crippen molar-refractivity contribution in [2.24, 2.45) is 0 Å². The van der Waals surface area contributed by atoms with E-state index < -0.39 is 41.3 Å². The zero-order valence-corrected chi connectivity index (χ0v) is 19.0. The van der Waals surface area contributed by atoms with Crippen LogP contribution in [0.1, 0.15) is 12.8 Å². The molecule has 0 fully saturated rings. The van der Waals surface area contributed by atoms with Crippen molar-refractivity contribution in [2.75, 3.05) is 10.8 Å². The Morgan fingerprint density at radius 3 is 2.42 bits per heavy atom. The molecule has 0 aliphatic rings. The van der Waals surface area contributed by atoms with Crippen molar-refractivity contribution in [3.8, 4) is 11.4 Å². The van der Waals surface area contributed by atoms with Crippen LogP contribution in [0.3, 0.4) is 0 Å². The molecule has 0 radical (unpaired) electrons. The van der Waals surface area contributed by atoms with Crippen molar-refractivity contribution in [1.82, 2.24) is 10.1 Å². The normalized spacial score (nSPS) is 12.4. The van der Waals surface area contributed by atoms with E-state index in [1.54, 1.807) is 24.3 Å². The van der Waals surface area contributed by atoms with Crippen LogP contribution in [0, 0.1) is 0 Å². The van der Waals surface area contributed by atoms with Gasteiger partial charge in [0, 0.05) is 28.6 Å². The third-order valence-electron chi connectivity index (χ3n) is 4.72. The maximum Gasteiger partial charge on any atom is 0.439 e. The predicted octanol–water partition coefficient (Wildman–Crippen LogP) is 5.44. The van der Waals surface area contributed by atoms with E-state index in [-0.39, 0.29) is 20.7 Å². The van der Waals surface area contributed by atoms with Crippen LogP contribution in [-0.4, -0.2) is 31.3 Å². The first-order valence-corrected chi connectivity index (χ1v) is 12.1. The smallest absolute Gasteiger partial charge is 0.296 e. The number of hydrogen-bond donors (Lipinski definition) is 1. The molecule has 0 amide bonds. The second-order valence-corrected chi connectivity index (χ2v) is 10.3. The van der Waals surface area contributed by atoms with Crippen molar-refractivity contribution >= 4 is 48.0 Å². The SMILES string of the molecule is O=c1[nH]c(-c2ccc(S(=O)(=O)N(CCCC(F)(F)F)c3sc4ccccc4c3Cl)cc2)no1. The van der Waals surface area contributed by atoms with Crippen molar-refractivity contribution in [3.63, 3.8) is 0 Å². The quantitative estimate of drug-likeness (QED) is 0.352. The van der Waals surface area contributed by atoms with Gasteiger partial charge in [0.1, 0.15) is 5.00 Å². The average Bonchev–Trinajstić information content (AvgIpc) is 3.34. The van der Waals surface area contributed by atoms with Crippen LogP contribution in [0.5, 0.6) is 0 Å². The first-order valence-electron chi connectivity index (χ1n) is 9.49. The molecule has 4 aromatic rings. The Labute approximate surface area is 194 Å². The topological polar surface area (TPSA) is 96.3 Å². The van der Waals surface area contributed by atoms with E-state index in [4.69, 9.17) is 11.6 Å². The minimum absolute atomic E-state index is 0.110. The second-order valence-electron chi connectivity index (χ2n) is 6.98. The first-order chi connectivity index (χ1) is 15.6. The summed E-state index contributed by atoms with van der Waals surface area (Å²) < 4.78 is 71.3. The van der Waals surface area contributed by atoms with Crippen LogP contribution < -0.4 is 10.1 Å². The molecule has 2 aromatic heterocycles. The van der Waals surface area contributed by atoms with Gasteiger partial charge in [-0.05, 0) is 36.8 Å². The van der Waals surface area contributed by atoms with Crippen molar-refractivity contribution in [1.29, 1.82) is 0 Å². The molecule has 1 N–H and O–H groups in total. The number of aromatic nitrogens is 2. The number of benzene rings is 2. The number of thiophene rings is 1. The van der Waals surface area contributed by atoms with Crippen molar-refractivity contribution < 1.29 is 26.1 Å². The number of aromatic amines is 1. The molecule has 174 valence electrons. The molecule has 0 saturated carbocycles. The predicted molar refractivity (Wildman–Crippen MR) is 119 cm³/mol. The Morgan fingerprint density at radius 2 is 1.82 bits per heavy atom. The number of rotatable bonds is 7. The molecule has 33 heavy (non-hydrogen) atoms. The maximum atomic E-state index is 13.5. The molecule has 2 heterocycles. The highest BCUT2D eigenvalue weighted by Gasteiger charge is 2.32. The first kappa shape index (κ1) is 23.3. The molecule has 0 atom stereocenters. The highest BCUT2D eigenvalue weighted by atomic mass is 35.5. The van der Waals surface area contributed by atoms with Crippen LogP contribution in [-0.2, 0) is 10.0 Å². The molecule has 0 spiro atoms. The van der Waals surface area contributed by atoms with Crippen LogP contribution in [0.4, 0.5) is 18.2 Å². The number of H-pyrrole nitrogens is 1. The average molecular weight is 518 g/mol. The summed E-state index contributed by atoms with van der Waals surface area (Å²) in [7, 11) is -4.26. The molecule has 0 saturated heterocycles. The molecule has 4 rings (SSSR count). The van der Waals surface area contributed by atoms with E-state index in [0.717, 1.165) is 15.6 Å². The lowest BCUT2D eigenvalue weighted by atomic mass is 10.2. The molecule has 0 aliphatic heterocycles. The van der Waals surface area contributed by atoms with Crippen LogP contribution in [0.15, 0.2) is 62.7 Å². The fraction of sp³-hybridized carbons (Fsp3) is 0.200. The number of alkyl halides is 3. The number of halogens is 4. The third-order valence-corrected chi connectivity index (χ3v) is 8.34. The minimum Gasteiger partial charge on any atom is -0.296 e. The summed E-state index contributed by atoms with van der Waals surface area (Å²) in [5.74, 6) is -0.657. The molecule has 13 heteroatoms. The van der Waals surface area contributed by atoms with E-state index in [0.29, 0.717) is 15.6 Å². The lowest BCUT2D eigenvalue weighted by Crippen LogP contribution is -2.32. The van der Waals surface area contributed by atoms with Crippen molar-refractivity contribution in [2.45, 2.75) is 23.9 Å². The zero-order valence-electron chi connectivity index (χ0n) is 16.6.